The first-order valence-electron chi connectivity index (χ1n) is 8.53. The van der Waals surface area contributed by atoms with Crippen LogP contribution in [0.1, 0.15) is 16.9 Å². The predicted molar refractivity (Wildman–Crippen MR) is 96.2 cm³/mol. The highest BCUT2D eigenvalue weighted by Crippen LogP contribution is 2.31. The number of para-hydroxylation sites is 2. The van der Waals surface area contributed by atoms with Crippen molar-refractivity contribution in [2.24, 2.45) is 7.05 Å². The maximum atomic E-state index is 13.4. The first kappa shape index (κ1) is 16.4. The molecule has 6 heteroatoms. The number of carbonyl (C=O) groups is 1. The number of nitrogens with one attached hydrogen (secondary N) is 1. The van der Waals surface area contributed by atoms with Gasteiger partial charge in [-0.2, -0.15) is 0 Å². The quantitative estimate of drug-likeness (QED) is 0.782. The second-order valence-corrected chi connectivity index (χ2v) is 6.33. The number of amides is 1. The number of hydrogen-bond acceptors (Lipinski definition) is 3. The molecule has 0 saturated heterocycles. The molecule has 4 rings (SSSR count). The molecule has 0 fully saturated rings. The van der Waals surface area contributed by atoms with Crippen LogP contribution in [0.4, 0.5) is 4.39 Å². The summed E-state index contributed by atoms with van der Waals surface area (Å²) in [6.07, 6.45) is 0.533. The maximum absolute atomic E-state index is 13.4. The molecule has 1 aliphatic rings. The lowest BCUT2D eigenvalue weighted by Gasteiger charge is -2.26. The van der Waals surface area contributed by atoms with Gasteiger partial charge < -0.3 is 19.4 Å². The Labute approximate surface area is 150 Å². The summed E-state index contributed by atoms with van der Waals surface area (Å²) in [4.78, 5) is 12.5. The summed E-state index contributed by atoms with van der Waals surface area (Å²) in [5.41, 5.74) is 1.31. The lowest BCUT2D eigenvalue weighted by molar-refractivity contribution is 0.0810. The van der Waals surface area contributed by atoms with E-state index in [0.717, 1.165) is 17.0 Å². The molecule has 0 radical (unpaired) electrons. The number of benzene rings is 2. The van der Waals surface area contributed by atoms with Crippen molar-refractivity contribution in [3.63, 3.8) is 0 Å². The average molecular weight is 354 g/mol. The van der Waals surface area contributed by atoms with Crippen molar-refractivity contribution >= 4 is 16.8 Å². The topological polar surface area (TPSA) is 52.5 Å². The fourth-order valence-corrected chi connectivity index (χ4v) is 3.18. The molecule has 0 bridgehead atoms. The number of ether oxygens (including phenoxy) is 2. The SMILES string of the molecule is Cn1c(C(=O)NCC[C@@H]2COc3ccccc3O2)cc2cc(F)ccc21. The van der Waals surface area contributed by atoms with E-state index in [1.807, 2.05) is 24.3 Å². The molecule has 0 aliphatic carbocycles. The minimum Gasteiger partial charge on any atom is -0.486 e. The summed E-state index contributed by atoms with van der Waals surface area (Å²) in [5.74, 6) is 0.965. The highest BCUT2D eigenvalue weighted by molar-refractivity contribution is 5.98. The van der Waals surface area contributed by atoms with Gasteiger partial charge in [0.05, 0.1) is 0 Å². The third kappa shape index (κ3) is 3.10. The number of nitrogens with zero attached hydrogens (tertiary/aromatic N) is 1. The van der Waals surface area contributed by atoms with Crippen molar-refractivity contribution in [3.05, 3.63) is 60.0 Å². The van der Waals surface area contributed by atoms with Gasteiger partial charge in [-0.05, 0) is 36.4 Å². The highest BCUT2D eigenvalue weighted by atomic mass is 19.1. The molecule has 1 N–H and O–H groups in total. The molecule has 2 heterocycles. The normalized spacial score (nSPS) is 15.8. The van der Waals surface area contributed by atoms with Gasteiger partial charge in [-0.1, -0.05) is 12.1 Å². The van der Waals surface area contributed by atoms with Crippen LogP contribution in [-0.4, -0.2) is 29.7 Å². The van der Waals surface area contributed by atoms with E-state index in [1.54, 1.807) is 23.7 Å². The van der Waals surface area contributed by atoms with Gasteiger partial charge in [0.1, 0.15) is 24.2 Å². The van der Waals surface area contributed by atoms with E-state index in [1.165, 1.54) is 12.1 Å². The van der Waals surface area contributed by atoms with Gasteiger partial charge in [-0.25, -0.2) is 4.39 Å². The fourth-order valence-electron chi connectivity index (χ4n) is 3.18. The molecule has 1 amide bonds. The van der Waals surface area contributed by atoms with Crippen LogP contribution in [0.15, 0.2) is 48.5 Å². The number of halogens is 1. The second-order valence-electron chi connectivity index (χ2n) is 6.33. The summed E-state index contributed by atoms with van der Waals surface area (Å²) in [5, 5.41) is 3.60. The first-order valence-corrected chi connectivity index (χ1v) is 8.53. The van der Waals surface area contributed by atoms with Gasteiger partial charge in [-0.3, -0.25) is 4.79 Å². The summed E-state index contributed by atoms with van der Waals surface area (Å²) < 4.78 is 26.7. The molecule has 0 unspecified atom stereocenters. The molecule has 1 aliphatic heterocycles. The van der Waals surface area contributed by atoms with E-state index in [-0.39, 0.29) is 17.8 Å². The van der Waals surface area contributed by atoms with Gasteiger partial charge in [-0.15, -0.1) is 0 Å². The Morgan fingerprint density at radius 3 is 2.88 bits per heavy atom. The van der Waals surface area contributed by atoms with E-state index in [4.69, 9.17) is 9.47 Å². The van der Waals surface area contributed by atoms with Crippen LogP contribution < -0.4 is 14.8 Å². The van der Waals surface area contributed by atoms with Gasteiger partial charge in [0.2, 0.25) is 0 Å². The Bertz CT molecular complexity index is 967. The predicted octanol–water partition coefficient (Wildman–Crippen LogP) is 3.28. The fraction of sp³-hybridized carbons (Fsp3) is 0.250. The minimum atomic E-state index is -0.315. The van der Waals surface area contributed by atoms with Crippen molar-refractivity contribution in [2.75, 3.05) is 13.2 Å². The Hall–Kier alpha value is -3.02. The van der Waals surface area contributed by atoms with Gasteiger partial charge in [0.15, 0.2) is 11.5 Å². The molecule has 0 spiro atoms. The molecule has 26 heavy (non-hydrogen) atoms. The molecular formula is C20H19FN2O3. The number of aromatic nitrogens is 1. The monoisotopic (exact) mass is 354 g/mol. The third-order valence-electron chi connectivity index (χ3n) is 4.56. The van der Waals surface area contributed by atoms with Crippen LogP contribution in [0.2, 0.25) is 0 Å². The van der Waals surface area contributed by atoms with E-state index in [9.17, 15) is 9.18 Å². The lowest BCUT2D eigenvalue weighted by Crippen LogP contribution is -2.34. The van der Waals surface area contributed by atoms with Crippen LogP contribution in [0.3, 0.4) is 0 Å². The zero-order valence-corrected chi connectivity index (χ0v) is 14.4. The Kier molecular flexibility index (Phi) is 4.24. The number of hydrogen-bond donors (Lipinski definition) is 1. The van der Waals surface area contributed by atoms with Crippen molar-refractivity contribution in [1.82, 2.24) is 9.88 Å². The zero-order valence-electron chi connectivity index (χ0n) is 14.4. The van der Waals surface area contributed by atoms with Crippen molar-refractivity contribution in [3.8, 4) is 11.5 Å². The van der Waals surface area contributed by atoms with Crippen LogP contribution in [0, 0.1) is 5.82 Å². The summed E-state index contributed by atoms with van der Waals surface area (Å²) >= 11 is 0. The molecule has 2 aromatic carbocycles. The summed E-state index contributed by atoms with van der Waals surface area (Å²) in [6, 6.07) is 13.7. The molecule has 3 aromatic rings. The Balaban J connectivity index is 1.37. The minimum absolute atomic E-state index is 0.105. The Morgan fingerprint density at radius 2 is 2.04 bits per heavy atom. The highest BCUT2D eigenvalue weighted by Gasteiger charge is 2.21. The molecule has 1 atom stereocenters. The van der Waals surface area contributed by atoms with Crippen molar-refractivity contribution in [1.29, 1.82) is 0 Å². The van der Waals surface area contributed by atoms with E-state index >= 15 is 0 Å². The van der Waals surface area contributed by atoms with Crippen LogP contribution in [0.5, 0.6) is 11.5 Å². The Morgan fingerprint density at radius 1 is 1.23 bits per heavy atom. The van der Waals surface area contributed by atoms with E-state index in [0.29, 0.717) is 30.7 Å². The molecule has 0 saturated carbocycles. The first-order chi connectivity index (χ1) is 12.6. The second kappa shape index (κ2) is 6.71. The van der Waals surface area contributed by atoms with E-state index < -0.39 is 0 Å². The van der Waals surface area contributed by atoms with Gasteiger partial charge in [0.25, 0.3) is 5.91 Å². The third-order valence-corrected chi connectivity index (χ3v) is 4.56. The number of aryl methyl sites for hydroxylation is 1. The largest absolute Gasteiger partial charge is 0.486 e. The van der Waals surface area contributed by atoms with E-state index in [2.05, 4.69) is 5.32 Å². The molecule has 134 valence electrons. The van der Waals surface area contributed by atoms with Gasteiger partial charge >= 0.3 is 0 Å². The van der Waals surface area contributed by atoms with Crippen molar-refractivity contribution in [2.45, 2.75) is 12.5 Å². The lowest BCUT2D eigenvalue weighted by atomic mass is 10.2. The van der Waals surface area contributed by atoms with Crippen LogP contribution in [0.25, 0.3) is 10.9 Å². The van der Waals surface area contributed by atoms with Crippen LogP contribution >= 0.6 is 0 Å². The molecule has 1 aromatic heterocycles. The standard InChI is InChI=1S/C20H19FN2O3/c1-23-16-7-6-14(21)10-13(16)11-17(23)20(24)22-9-8-15-12-25-18-4-2-3-5-19(18)26-15/h2-7,10-11,15H,8-9,12H2,1H3,(H,22,24)/t15-/m1/s1. The smallest absolute Gasteiger partial charge is 0.267 e. The van der Waals surface area contributed by atoms with Gasteiger partial charge in [0, 0.05) is 30.9 Å². The number of rotatable bonds is 4. The zero-order chi connectivity index (χ0) is 18.1. The number of fused-ring (bicyclic) bond motifs is 2. The average Bonchev–Trinajstić information content (AvgIpc) is 2.97. The summed E-state index contributed by atoms with van der Waals surface area (Å²) in [7, 11) is 1.80. The number of carbonyl (C=O) groups excluding carboxylic acids is 1. The van der Waals surface area contributed by atoms with Crippen LogP contribution in [-0.2, 0) is 7.05 Å². The molecule has 5 nitrogen and oxygen atoms in total. The molecular weight excluding hydrogens is 335 g/mol. The maximum Gasteiger partial charge on any atom is 0.267 e. The summed E-state index contributed by atoms with van der Waals surface area (Å²) in [6.45, 7) is 0.922. The van der Waals surface area contributed by atoms with Crippen molar-refractivity contribution < 1.29 is 18.7 Å².